The van der Waals surface area contributed by atoms with E-state index in [9.17, 15) is 10.2 Å². The highest BCUT2D eigenvalue weighted by atomic mass is 79.9. The van der Waals surface area contributed by atoms with E-state index in [-0.39, 0.29) is 12.0 Å². The summed E-state index contributed by atoms with van der Waals surface area (Å²) in [6, 6.07) is 9.59. The number of rotatable bonds is 4. The van der Waals surface area contributed by atoms with Gasteiger partial charge in [-0.15, -0.1) is 0 Å². The molecule has 1 aliphatic rings. The van der Waals surface area contributed by atoms with E-state index in [2.05, 4.69) is 30.9 Å². The van der Waals surface area contributed by atoms with E-state index < -0.39 is 12.2 Å². The number of para-hydroxylation sites is 1. The van der Waals surface area contributed by atoms with Crippen LogP contribution >= 0.6 is 15.9 Å². The number of anilines is 2. The van der Waals surface area contributed by atoms with Gasteiger partial charge in [0.05, 0.1) is 27.5 Å². The van der Waals surface area contributed by atoms with E-state index in [4.69, 9.17) is 11.5 Å². The van der Waals surface area contributed by atoms with Crippen molar-refractivity contribution in [1.29, 1.82) is 0 Å². The van der Waals surface area contributed by atoms with Gasteiger partial charge in [0.2, 0.25) is 0 Å². The molecule has 160 valence electrons. The van der Waals surface area contributed by atoms with E-state index in [1.807, 2.05) is 41.1 Å². The number of pyridine rings is 1. The summed E-state index contributed by atoms with van der Waals surface area (Å²) in [5.74, 6) is 0.805. The van der Waals surface area contributed by atoms with Crippen molar-refractivity contribution in [2.24, 2.45) is 5.92 Å². The van der Waals surface area contributed by atoms with Crippen molar-refractivity contribution in [3.05, 3.63) is 52.9 Å². The molecule has 9 heteroatoms. The maximum Gasteiger partial charge on any atom is 0.145 e. The number of nitrogens with zero attached hydrogens (tertiary/aromatic N) is 4. The molecule has 4 aromatic rings. The summed E-state index contributed by atoms with van der Waals surface area (Å²) in [7, 11) is 0. The first-order valence-corrected chi connectivity index (χ1v) is 11.0. The zero-order valence-corrected chi connectivity index (χ0v) is 18.3. The van der Waals surface area contributed by atoms with Crippen LogP contribution in [0.25, 0.3) is 21.9 Å². The van der Waals surface area contributed by atoms with Crippen LogP contribution in [0.15, 0.2) is 47.3 Å². The molecule has 8 nitrogen and oxygen atoms in total. The minimum Gasteiger partial charge on any atom is -0.390 e. The molecule has 0 amide bonds. The summed E-state index contributed by atoms with van der Waals surface area (Å²) in [4.78, 5) is 12.9. The standard InChI is InChI=1S/C22H23BrN6O2/c23-15-8-12-3-1-2-11(17(12)28-21(15)25)4-5-13-9-16(19(31)18(13)30)29-7-6-14-20(24)26-10-27-22(14)29/h1-3,6-8,10,13,16,18-19,30-31H,4-5,9H2,(H2,25,28)(H2,24,26,27)/t13-,16+,18+,19-/m0/s1. The molecule has 0 unspecified atom stereocenters. The van der Waals surface area contributed by atoms with Gasteiger partial charge >= 0.3 is 0 Å². The summed E-state index contributed by atoms with van der Waals surface area (Å²) in [5.41, 5.74) is 14.5. The highest BCUT2D eigenvalue weighted by Crippen LogP contribution is 2.40. The Morgan fingerprint density at radius 3 is 2.77 bits per heavy atom. The van der Waals surface area contributed by atoms with Crippen molar-refractivity contribution in [3.8, 4) is 0 Å². The minimum atomic E-state index is -0.881. The summed E-state index contributed by atoms with van der Waals surface area (Å²) in [6.07, 6.45) is 3.67. The fourth-order valence-electron chi connectivity index (χ4n) is 4.71. The van der Waals surface area contributed by atoms with Gasteiger partial charge in [0.15, 0.2) is 0 Å². The van der Waals surface area contributed by atoms with Crippen molar-refractivity contribution in [2.45, 2.75) is 37.5 Å². The lowest BCUT2D eigenvalue weighted by molar-refractivity contribution is 0.00546. The first-order chi connectivity index (χ1) is 14.9. The number of aliphatic hydroxyl groups excluding tert-OH is 2. The molecule has 3 aromatic heterocycles. The molecule has 5 rings (SSSR count). The Morgan fingerprint density at radius 2 is 1.94 bits per heavy atom. The molecule has 0 saturated heterocycles. The van der Waals surface area contributed by atoms with E-state index in [1.165, 1.54) is 6.33 Å². The predicted octanol–water partition coefficient (Wildman–Crippen LogP) is 2.82. The predicted molar refractivity (Wildman–Crippen MR) is 123 cm³/mol. The monoisotopic (exact) mass is 482 g/mol. The van der Waals surface area contributed by atoms with Crippen LogP contribution in [0.5, 0.6) is 0 Å². The molecule has 0 radical (unpaired) electrons. The van der Waals surface area contributed by atoms with Crippen molar-refractivity contribution < 1.29 is 10.2 Å². The molecular formula is C22H23BrN6O2. The molecule has 1 fully saturated rings. The Balaban J connectivity index is 1.38. The maximum atomic E-state index is 10.8. The lowest BCUT2D eigenvalue weighted by Crippen LogP contribution is -2.29. The largest absolute Gasteiger partial charge is 0.390 e. The number of nitrogen functional groups attached to an aromatic ring is 2. The average Bonchev–Trinajstić information content (AvgIpc) is 3.30. The summed E-state index contributed by atoms with van der Waals surface area (Å²) < 4.78 is 2.68. The van der Waals surface area contributed by atoms with Crippen LogP contribution < -0.4 is 11.5 Å². The number of nitrogens with two attached hydrogens (primary N) is 2. The Kier molecular flexibility index (Phi) is 5.04. The van der Waals surface area contributed by atoms with E-state index in [0.717, 1.165) is 39.2 Å². The van der Waals surface area contributed by atoms with Gasteiger partial charge in [-0.3, -0.25) is 0 Å². The molecule has 0 bridgehead atoms. The molecule has 1 aliphatic carbocycles. The van der Waals surface area contributed by atoms with Gasteiger partial charge in [-0.1, -0.05) is 18.2 Å². The van der Waals surface area contributed by atoms with Crippen LogP contribution in [0.4, 0.5) is 11.6 Å². The van der Waals surface area contributed by atoms with Gasteiger partial charge in [0, 0.05) is 11.6 Å². The third kappa shape index (κ3) is 3.42. The van der Waals surface area contributed by atoms with Crippen molar-refractivity contribution in [2.75, 3.05) is 11.5 Å². The first kappa shape index (κ1) is 20.2. The molecule has 4 atom stereocenters. The topological polar surface area (TPSA) is 136 Å². The molecule has 0 spiro atoms. The maximum absolute atomic E-state index is 10.8. The molecule has 3 heterocycles. The quantitative estimate of drug-likeness (QED) is 0.351. The van der Waals surface area contributed by atoms with Gasteiger partial charge in [0.1, 0.15) is 29.7 Å². The van der Waals surface area contributed by atoms with Gasteiger partial charge < -0.3 is 26.2 Å². The highest BCUT2D eigenvalue weighted by molar-refractivity contribution is 9.10. The fourth-order valence-corrected chi connectivity index (χ4v) is 5.05. The zero-order chi connectivity index (χ0) is 21.7. The second-order valence-corrected chi connectivity index (χ2v) is 9.00. The third-order valence-corrected chi connectivity index (χ3v) is 7.00. The van der Waals surface area contributed by atoms with Crippen LogP contribution in [0.1, 0.15) is 24.4 Å². The summed E-state index contributed by atoms with van der Waals surface area (Å²) >= 11 is 3.43. The molecule has 0 aliphatic heterocycles. The Hall–Kier alpha value is -2.75. The summed E-state index contributed by atoms with van der Waals surface area (Å²) in [6.45, 7) is 0. The smallest absolute Gasteiger partial charge is 0.145 e. The Bertz CT molecular complexity index is 1280. The average molecular weight is 483 g/mol. The number of halogens is 1. The van der Waals surface area contributed by atoms with E-state index in [1.54, 1.807) is 0 Å². The van der Waals surface area contributed by atoms with Gasteiger partial charge in [0.25, 0.3) is 0 Å². The minimum absolute atomic E-state index is 0.0558. The van der Waals surface area contributed by atoms with Crippen LogP contribution in [0.2, 0.25) is 0 Å². The fraction of sp³-hybridized carbons (Fsp3) is 0.318. The van der Waals surface area contributed by atoms with Crippen LogP contribution in [0, 0.1) is 5.92 Å². The van der Waals surface area contributed by atoms with Gasteiger partial charge in [-0.25, -0.2) is 15.0 Å². The van der Waals surface area contributed by atoms with Crippen LogP contribution in [0.3, 0.4) is 0 Å². The lowest BCUT2D eigenvalue weighted by atomic mass is 9.95. The van der Waals surface area contributed by atoms with Gasteiger partial charge in [-0.2, -0.15) is 0 Å². The number of aromatic nitrogens is 4. The normalized spacial score (nSPS) is 23.7. The Morgan fingerprint density at radius 1 is 1.10 bits per heavy atom. The zero-order valence-electron chi connectivity index (χ0n) is 16.7. The number of aliphatic hydroxyl groups is 2. The number of fused-ring (bicyclic) bond motifs is 2. The van der Waals surface area contributed by atoms with Crippen molar-refractivity contribution >= 4 is 49.5 Å². The SMILES string of the molecule is Nc1nc2c(CC[C@H]3C[C@@H](n4ccc5c(N)ncnc54)[C@H](O)[C@@H]3O)cccc2cc1Br. The molecular weight excluding hydrogens is 460 g/mol. The van der Waals surface area contributed by atoms with Crippen molar-refractivity contribution in [1.82, 2.24) is 19.5 Å². The first-order valence-electron chi connectivity index (χ1n) is 10.2. The summed E-state index contributed by atoms with van der Waals surface area (Å²) in [5, 5.41) is 23.3. The van der Waals surface area contributed by atoms with E-state index >= 15 is 0 Å². The van der Waals surface area contributed by atoms with Crippen molar-refractivity contribution in [3.63, 3.8) is 0 Å². The second kappa shape index (κ2) is 7.74. The molecule has 31 heavy (non-hydrogen) atoms. The highest BCUT2D eigenvalue weighted by Gasteiger charge is 2.42. The number of aryl methyl sites for hydroxylation is 1. The van der Waals surface area contributed by atoms with Crippen LogP contribution in [-0.2, 0) is 6.42 Å². The lowest BCUT2D eigenvalue weighted by Gasteiger charge is -2.19. The van der Waals surface area contributed by atoms with E-state index in [0.29, 0.717) is 23.7 Å². The molecule has 1 aromatic carbocycles. The van der Waals surface area contributed by atoms with Crippen LogP contribution in [-0.4, -0.2) is 41.9 Å². The second-order valence-electron chi connectivity index (χ2n) is 8.15. The number of hydrogen-bond acceptors (Lipinski definition) is 7. The third-order valence-electron chi connectivity index (χ3n) is 6.36. The number of benzene rings is 1. The molecule has 6 N–H and O–H groups in total. The Labute approximate surface area is 187 Å². The van der Waals surface area contributed by atoms with Gasteiger partial charge in [-0.05, 0) is 58.8 Å². The number of hydrogen-bond donors (Lipinski definition) is 4. The molecule has 1 saturated carbocycles.